The van der Waals surface area contributed by atoms with Gasteiger partial charge < -0.3 is 36.2 Å². The number of hydrogen-bond acceptors (Lipinski definition) is 10. The van der Waals surface area contributed by atoms with Crippen LogP contribution in [-0.4, -0.2) is 115 Å². The van der Waals surface area contributed by atoms with Crippen molar-refractivity contribution in [3.05, 3.63) is 0 Å². The van der Waals surface area contributed by atoms with Crippen molar-refractivity contribution in [1.82, 2.24) is 36.4 Å². The number of amides is 2. The van der Waals surface area contributed by atoms with E-state index >= 15 is 0 Å². The van der Waals surface area contributed by atoms with E-state index in [9.17, 15) is 15.0 Å². The maximum Gasteiger partial charge on any atom is 0.315 e. The second-order valence-corrected chi connectivity index (χ2v) is 13.9. The predicted molar refractivity (Wildman–Crippen MR) is 155 cm³/mol. The molecular weight excluding hydrogens is 512 g/mol. The number of rotatable bonds is 9. The highest BCUT2D eigenvalue weighted by molar-refractivity contribution is 5.74. The molecule has 0 bridgehead atoms. The highest BCUT2D eigenvalue weighted by Gasteiger charge is 2.51. The number of carbonyl (C=O) groups excluding carboxylic acids is 1. The molecule has 3 unspecified atom stereocenters. The Morgan fingerprint density at radius 2 is 1.82 bits per heavy atom. The van der Waals surface area contributed by atoms with Crippen LogP contribution < -0.4 is 32.3 Å². The Bertz CT molecular complexity index is 821. The number of nitrogens with one attached hydrogen (secondary N) is 5. The summed E-state index contributed by atoms with van der Waals surface area (Å²) in [4.78, 5) is 17.0. The van der Waals surface area contributed by atoms with Crippen LogP contribution in [0.2, 0.25) is 0 Å². The number of ether oxygens (including phenoxy) is 1. The fourth-order valence-corrected chi connectivity index (χ4v) is 6.83. The maximum atomic E-state index is 12.8. The predicted octanol–water partition coefficient (Wildman–Crippen LogP) is -0.324. The van der Waals surface area contributed by atoms with Crippen LogP contribution in [0.15, 0.2) is 0 Å². The van der Waals surface area contributed by atoms with Crippen molar-refractivity contribution in [3.8, 4) is 0 Å². The van der Waals surface area contributed by atoms with Gasteiger partial charge in [0.05, 0.1) is 25.0 Å². The van der Waals surface area contributed by atoms with Crippen molar-refractivity contribution >= 4 is 6.03 Å². The van der Waals surface area contributed by atoms with E-state index in [2.05, 4.69) is 66.1 Å². The van der Waals surface area contributed by atoms with Crippen molar-refractivity contribution in [2.45, 2.75) is 122 Å². The molecule has 8 atom stereocenters. The standard InChI is InChI=1S/C28H56N8O4/c1-16(2)19(34-27(39)33-18-9-7-17(8-10-18)28(3,4)5)11-12-35(6)13-20-22(37)23(38)26(40-20)36-15-32-21-24(29)30-14-31-25(21)36/h16-26,30-32,37-38H,7-15,29H2,1-6H3,(H2,33,34,39)/t17?,18?,19-,20-,21?,22-,23-,24?,25?,26-/m1/s1. The Morgan fingerprint density at radius 3 is 2.48 bits per heavy atom. The molecule has 1 saturated carbocycles. The van der Waals surface area contributed by atoms with Gasteiger partial charge in [0.1, 0.15) is 24.5 Å². The first kappa shape index (κ1) is 31.8. The van der Waals surface area contributed by atoms with Gasteiger partial charge in [-0.1, -0.05) is 34.6 Å². The molecule has 3 saturated heterocycles. The molecule has 0 aromatic rings. The van der Waals surface area contributed by atoms with E-state index in [4.69, 9.17) is 10.5 Å². The fourth-order valence-electron chi connectivity index (χ4n) is 6.83. The van der Waals surface area contributed by atoms with Crippen molar-refractivity contribution in [2.75, 3.05) is 33.5 Å². The summed E-state index contributed by atoms with van der Waals surface area (Å²) in [5, 5.41) is 38.0. The van der Waals surface area contributed by atoms with Gasteiger partial charge in [-0.25, -0.2) is 9.69 Å². The zero-order valence-electron chi connectivity index (χ0n) is 25.4. The highest BCUT2D eigenvalue weighted by atomic mass is 16.6. The minimum absolute atomic E-state index is 0.0143. The number of aliphatic hydroxyl groups is 2. The topological polar surface area (TPSA) is 159 Å². The Balaban J connectivity index is 1.21. The smallest absolute Gasteiger partial charge is 0.315 e. The molecule has 40 heavy (non-hydrogen) atoms. The van der Waals surface area contributed by atoms with E-state index in [1.54, 1.807) is 0 Å². The lowest BCUT2D eigenvalue weighted by molar-refractivity contribution is -0.106. The van der Waals surface area contributed by atoms with Crippen molar-refractivity contribution in [1.29, 1.82) is 0 Å². The first-order valence-electron chi connectivity index (χ1n) is 15.3. The zero-order chi connectivity index (χ0) is 29.2. The number of hydrogen-bond donors (Lipinski definition) is 8. The lowest BCUT2D eigenvalue weighted by Crippen LogP contribution is -2.68. The molecule has 2 amide bonds. The molecule has 3 heterocycles. The summed E-state index contributed by atoms with van der Waals surface area (Å²) >= 11 is 0. The second-order valence-electron chi connectivity index (χ2n) is 13.9. The fraction of sp³-hybridized carbons (Fsp3) is 0.964. The molecule has 4 rings (SSSR count). The van der Waals surface area contributed by atoms with Gasteiger partial charge in [-0.2, -0.15) is 0 Å². The third kappa shape index (κ3) is 7.64. The number of aliphatic hydroxyl groups excluding tert-OH is 2. The number of nitrogens with two attached hydrogens (primary N) is 1. The first-order valence-corrected chi connectivity index (χ1v) is 15.3. The van der Waals surface area contributed by atoms with Crippen molar-refractivity contribution in [2.24, 2.45) is 23.0 Å². The van der Waals surface area contributed by atoms with Gasteiger partial charge in [0.2, 0.25) is 0 Å². The number of urea groups is 1. The number of nitrogens with zero attached hydrogens (tertiary/aromatic N) is 2. The van der Waals surface area contributed by atoms with Crippen LogP contribution in [0.3, 0.4) is 0 Å². The molecule has 3 aliphatic heterocycles. The summed E-state index contributed by atoms with van der Waals surface area (Å²) < 4.78 is 6.22. The minimum Gasteiger partial charge on any atom is -0.387 e. The molecular formula is C28H56N8O4. The molecule has 0 aromatic carbocycles. The number of fused-ring (bicyclic) bond motifs is 1. The summed E-state index contributed by atoms with van der Waals surface area (Å²) in [5.41, 5.74) is 6.51. The average molecular weight is 569 g/mol. The van der Waals surface area contributed by atoms with E-state index < -0.39 is 24.5 Å². The Hall–Kier alpha value is -1.09. The van der Waals surface area contributed by atoms with Crippen LogP contribution in [0.4, 0.5) is 4.79 Å². The van der Waals surface area contributed by atoms with Crippen molar-refractivity contribution in [3.63, 3.8) is 0 Å². The van der Waals surface area contributed by atoms with Gasteiger partial charge in [0.15, 0.2) is 0 Å². The van der Waals surface area contributed by atoms with Gasteiger partial charge in [-0.3, -0.25) is 16.0 Å². The molecule has 12 heteroatoms. The quantitative estimate of drug-likeness (QED) is 0.185. The number of likely N-dealkylation sites (N-methyl/N-ethyl adjacent to an activating group) is 1. The Labute approximate surface area is 240 Å². The second kappa shape index (κ2) is 13.5. The molecule has 232 valence electrons. The molecule has 9 N–H and O–H groups in total. The summed E-state index contributed by atoms with van der Waals surface area (Å²) in [5.74, 6) is 1.00. The summed E-state index contributed by atoms with van der Waals surface area (Å²) in [7, 11) is 1.99. The third-order valence-electron chi connectivity index (χ3n) is 9.63. The van der Waals surface area contributed by atoms with E-state index in [-0.39, 0.29) is 42.4 Å². The Morgan fingerprint density at radius 1 is 1.12 bits per heavy atom. The van der Waals surface area contributed by atoms with Crippen molar-refractivity contribution < 1.29 is 19.7 Å². The monoisotopic (exact) mass is 568 g/mol. The van der Waals surface area contributed by atoms with Gasteiger partial charge in [-0.15, -0.1) is 0 Å². The lowest BCUT2D eigenvalue weighted by Gasteiger charge is -2.38. The summed E-state index contributed by atoms with van der Waals surface area (Å²) in [6, 6.07) is 0.180. The molecule has 1 aliphatic carbocycles. The maximum absolute atomic E-state index is 12.8. The molecule has 0 spiro atoms. The van der Waals surface area contributed by atoms with E-state index in [1.165, 1.54) is 0 Å². The molecule has 0 radical (unpaired) electrons. The lowest BCUT2D eigenvalue weighted by atomic mass is 9.71. The summed E-state index contributed by atoms with van der Waals surface area (Å²) in [6.07, 6.45) is 1.75. The molecule has 4 fully saturated rings. The minimum atomic E-state index is -1.01. The largest absolute Gasteiger partial charge is 0.387 e. The van der Waals surface area contributed by atoms with Gasteiger partial charge in [0, 0.05) is 25.3 Å². The highest BCUT2D eigenvalue weighted by Crippen LogP contribution is 2.37. The third-order valence-corrected chi connectivity index (χ3v) is 9.63. The van der Waals surface area contributed by atoms with Gasteiger partial charge in [0.25, 0.3) is 0 Å². The zero-order valence-corrected chi connectivity index (χ0v) is 25.4. The first-order chi connectivity index (χ1) is 18.8. The Kier molecular flexibility index (Phi) is 10.7. The van der Waals surface area contributed by atoms with Gasteiger partial charge in [-0.05, 0) is 62.9 Å². The molecule has 4 aliphatic rings. The van der Waals surface area contributed by atoms with E-state index in [0.29, 0.717) is 25.3 Å². The number of carbonyl (C=O) groups is 1. The SMILES string of the molecule is CC(C)[C@@H](CCN(C)C[C@H]1O[C@@H](N2CNC3C(N)NCNC32)[C@H](O)[C@@H]1O)NC(=O)NC1CCC(C(C)(C)C)CC1. The van der Waals surface area contributed by atoms with E-state index in [1.807, 2.05) is 11.9 Å². The van der Waals surface area contributed by atoms with Crippen LogP contribution in [-0.2, 0) is 4.74 Å². The van der Waals surface area contributed by atoms with Crippen LogP contribution in [0.1, 0.15) is 66.7 Å². The summed E-state index contributed by atoms with van der Waals surface area (Å²) in [6.45, 7) is 13.5. The normalized spacial score (nSPS) is 38.0. The molecule has 12 nitrogen and oxygen atoms in total. The van der Waals surface area contributed by atoms with Crippen LogP contribution in [0.5, 0.6) is 0 Å². The van der Waals surface area contributed by atoms with E-state index in [0.717, 1.165) is 44.6 Å². The average Bonchev–Trinajstić information content (AvgIpc) is 3.43. The van der Waals surface area contributed by atoms with Crippen LogP contribution >= 0.6 is 0 Å². The van der Waals surface area contributed by atoms with Crippen LogP contribution in [0.25, 0.3) is 0 Å². The van der Waals surface area contributed by atoms with Gasteiger partial charge >= 0.3 is 6.03 Å². The van der Waals surface area contributed by atoms with Crippen LogP contribution in [0, 0.1) is 17.3 Å². The molecule has 0 aromatic heterocycles.